The van der Waals surface area contributed by atoms with Gasteiger partial charge in [-0.3, -0.25) is 0 Å². The Morgan fingerprint density at radius 2 is 1.22 bits per heavy atom. The third kappa shape index (κ3) is 13.3. The van der Waals surface area contributed by atoms with Crippen molar-refractivity contribution in [3.63, 3.8) is 0 Å². The van der Waals surface area contributed by atoms with Crippen LogP contribution in [0, 0.1) is 0 Å². The van der Waals surface area contributed by atoms with E-state index in [0.29, 0.717) is 6.54 Å². The summed E-state index contributed by atoms with van der Waals surface area (Å²) >= 11 is 0. The maximum atomic E-state index is 11.1. The molecule has 0 atom stereocenters. The third-order valence-electron chi connectivity index (χ3n) is 3.15. The summed E-state index contributed by atoms with van der Waals surface area (Å²) in [5, 5.41) is 5.59. The van der Waals surface area contributed by atoms with Crippen molar-refractivity contribution in [1.29, 1.82) is 0 Å². The summed E-state index contributed by atoms with van der Waals surface area (Å²) in [7, 11) is 0. The van der Waals surface area contributed by atoms with Crippen molar-refractivity contribution in [3.8, 4) is 0 Å². The van der Waals surface area contributed by atoms with Crippen molar-refractivity contribution < 1.29 is 4.79 Å². The van der Waals surface area contributed by atoms with Gasteiger partial charge in [0, 0.05) is 13.1 Å². The van der Waals surface area contributed by atoms with Gasteiger partial charge in [0.1, 0.15) is 0 Å². The van der Waals surface area contributed by atoms with E-state index in [1.807, 2.05) is 6.92 Å². The average molecular weight is 256 g/mol. The Morgan fingerprint density at radius 1 is 0.722 bits per heavy atom. The molecule has 0 saturated carbocycles. The molecule has 0 aromatic heterocycles. The predicted octanol–water partition coefficient (Wildman–Crippen LogP) is 4.23. The van der Waals surface area contributed by atoms with Gasteiger partial charge < -0.3 is 10.6 Å². The first-order valence-electron chi connectivity index (χ1n) is 7.83. The van der Waals surface area contributed by atoms with E-state index in [-0.39, 0.29) is 6.03 Å². The molecule has 2 amide bonds. The molecule has 3 heteroatoms. The Bertz CT molecular complexity index is 183. The number of unbranched alkanes of at least 4 members (excludes halogenated alkanes) is 9. The molecule has 0 fully saturated rings. The second-order valence-corrected chi connectivity index (χ2v) is 4.97. The molecule has 3 nitrogen and oxygen atoms in total. The van der Waals surface area contributed by atoms with Crippen LogP contribution in [0.15, 0.2) is 0 Å². The van der Waals surface area contributed by atoms with Crippen LogP contribution >= 0.6 is 0 Å². The van der Waals surface area contributed by atoms with Crippen molar-refractivity contribution in [2.45, 2.75) is 78.1 Å². The zero-order chi connectivity index (χ0) is 13.5. The number of hydrogen-bond donors (Lipinski definition) is 2. The molecular formula is C15H32N2O. The van der Waals surface area contributed by atoms with Crippen molar-refractivity contribution >= 4 is 6.03 Å². The summed E-state index contributed by atoms with van der Waals surface area (Å²) in [6, 6.07) is -0.0339. The third-order valence-corrected chi connectivity index (χ3v) is 3.15. The zero-order valence-electron chi connectivity index (χ0n) is 12.4. The summed E-state index contributed by atoms with van der Waals surface area (Å²) in [4.78, 5) is 11.1. The van der Waals surface area contributed by atoms with Crippen LogP contribution in [0.5, 0.6) is 0 Å². The van der Waals surface area contributed by atoms with E-state index in [2.05, 4.69) is 17.6 Å². The van der Waals surface area contributed by atoms with Gasteiger partial charge in [-0.05, 0) is 13.3 Å². The number of nitrogens with one attached hydrogen (secondary N) is 2. The van der Waals surface area contributed by atoms with E-state index in [9.17, 15) is 4.79 Å². The molecule has 2 N–H and O–H groups in total. The molecule has 0 aliphatic carbocycles. The second-order valence-electron chi connectivity index (χ2n) is 4.97. The van der Waals surface area contributed by atoms with Crippen LogP contribution in [0.3, 0.4) is 0 Å². The van der Waals surface area contributed by atoms with Crippen molar-refractivity contribution in [1.82, 2.24) is 10.6 Å². The highest BCUT2D eigenvalue weighted by Gasteiger charge is 1.96. The Hall–Kier alpha value is -0.730. The fourth-order valence-electron chi connectivity index (χ4n) is 2.04. The van der Waals surface area contributed by atoms with E-state index in [1.54, 1.807) is 0 Å². The van der Waals surface area contributed by atoms with Crippen LogP contribution < -0.4 is 10.6 Å². The molecule has 0 aromatic carbocycles. The highest BCUT2D eigenvalue weighted by atomic mass is 16.2. The van der Waals surface area contributed by atoms with Gasteiger partial charge in [-0.15, -0.1) is 0 Å². The summed E-state index contributed by atoms with van der Waals surface area (Å²) in [6.07, 6.45) is 13.3. The van der Waals surface area contributed by atoms with Crippen molar-refractivity contribution in [2.75, 3.05) is 13.1 Å². The predicted molar refractivity (Wildman–Crippen MR) is 78.9 cm³/mol. The van der Waals surface area contributed by atoms with Crippen molar-refractivity contribution in [3.05, 3.63) is 0 Å². The Kier molecular flexibility index (Phi) is 13.8. The largest absolute Gasteiger partial charge is 0.338 e. The maximum Gasteiger partial charge on any atom is 0.314 e. The van der Waals surface area contributed by atoms with E-state index in [0.717, 1.165) is 13.0 Å². The van der Waals surface area contributed by atoms with Gasteiger partial charge in [0.15, 0.2) is 0 Å². The molecule has 18 heavy (non-hydrogen) atoms. The van der Waals surface area contributed by atoms with Crippen molar-refractivity contribution in [2.24, 2.45) is 0 Å². The molecule has 0 saturated heterocycles. The lowest BCUT2D eigenvalue weighted by Gasteiger charge is -2.05. The Balaban J connectivity index is 3.01. The van der Waals surface area contributed by atoms with Crippen LogP contribution in [0.4, 0.5) is 4.79 Å². The molecule has 0 aliphatic heterocycles. The molecule has 0 unspecified atom stereocenters. The van der Waals surface area contributed by atoms with E-state index < -0.39 is 0 Å². The first-order chi connectivity index (χ1) is 8.81. The first-order valence-corrected chi connectivity index (χ1v) is 7.83. The summed E-state index contributed by atoms with van der Waals surface area (Å²) in [6.45, 7) is 5.70. The van der Waals surface area contributed by atoms with Gasteiger partial charge in [0.25, 0.3) is 0 Å². The fourth-order valence-corrected chi connectivity index (χ4v) is 2.04. The summed E-state index contributed by atoms with van der Waals surface area (Å²) in [5.74, 6) is 0. The molecule has 0 spiro atoms. The number of amides is 2. The topological polar surface area (TPSA) is 41.1 Å². The zero-order valence-corrected chi connectivity index (χ0v) is 12.4. The normalized spacial score (nSPS) is 10.3. The Morgan fingerprint density at radius 3 is 1.72 bits per heavy atom. The van der Waals surface area contributed by atoms with Gasteiger partial charge in [-0.1, -0.05) is 64.7 Å². The number of rotatable bonds is 12. The number of urea groups is 1. The standard InChI is InChI=1S/C15H32N2O/c1-3-5-6-7-8-9-10-11-12-13-14-17-15(18)16-4-2/h3-14H2,1-2H3,(H2,16,17,18). The maximum absolute atomic E-state index is 11.1. The Labute approximate surface area is 113 Å². The minimum atomic E-state index is -0.0339. The summed E-state index contributed by atoms with van der Waals surface area (Å²) in [5.41, 5.74) is 0. The molecule has 0 heterocycles. The molecule has 0 radical (unpaired) electrons. The van der Waals surface area contributed by atoms with Crippen LogP contribution in [0.2, 0.25) is 0 Å². The molecule has 0 aromatic rings. The van der Waals surface area contributed by atoms with Gasteiger partial charge in [0.05, 0.1) is 0 Å². The molecule has 0 aliphatic rings. The fraction of sp³-hybridized carbons (Fsp3) is 0.933. The average Bonchev–Trinajstić information content (AvgIpc) is 2.36. The highest BCUT2D eigenvalue weighted by Crippen LogP contribution is 2.10. The number of carbonyl (C=O) groups excluding carboxylic acids is 1. The van der Waals surface area contributed by atoms with Gasteiger partial charge in [-0.25, -0.2) is 4.79 Å². The lowest BCUT2D eigenvalue weighted by atomic mass is 10.1. The van der Waals surface area contributed by atoms with Gasteiger partial charge in [0.2, 0.25) is 0 Å². The molecular weight excluding hydrogens is 224 g/mol. The van der Waals surface area contributed by atoms with Gasteiger partial charge in [-0.2, -0.15) is 0 Å². The quantitative estimate of drug-likeness (QED) is 0.504. The van der Waals surface area contributed by atoms with Crippen LogP contribution in [0.25, 0.3) is 0 Å². The smallest absolute Gasteiger partial charge is 0.314 e. The second kappa shape index (κ2) is 14.3. The minimum absolute atomic E-state index is 0.0339. The van der Waals surface area contributed by atoms with Gasteiger partial charge >= 0.3 is 6.03 Å². The number of hydrogen-bond acceptors (Lipinski definition) is 1. The first kappa shape index (κ1) is 17.3. The SMILES string of the molecule is CCCCCCCCCCCCNC(=O)NCC. The molecule has 0 bridgehead atoms. The monoisotopic (exact) mass is 256 g/mol. The van der Waals surface area contributed by atoms with Crippen LogP contribution in [0.1, 0.15) is 78.1 Å². The van der Waals surface area contributed by atoms with Crippen LogP contribution in [-0.4, -0.2) is 19.1 Å². The minimum Gasteiger partial charge on any atom is -0.338 e. The molecule has 0 rings (SSSR count). The lowest BCUT2D eigenvalue weighted by molar-refractivity contribution is 0.241. The number of carbonyl (C=O) groups is 1. The lowest BCUT2D eigenvalue weighted by Crippen LogP contribution is -2.35. The van der Waals surface area contributed by atoms with Crippen LogP contribution in [-0.2, 0) is 0 Å². The van der Waals surface area contributed by atoms with E-state index >= 15 is 0 Å². The van der Waals surface area contributed by atoms with E-state index in [4.69, 9.17) is 0 Å². The highest BCUT2D eigenvalue weighted by molar-refractivity contribution is 5.73. The molecule has 108 valence electrons. The van der Waals surface area contributed by atoms with E-state index in [1.165, 1.54) is 57.8 Å². The summed E-state index contributed by atoms with van der Waals surface area (Å²) < 4.78 is 0.